The van der Waals surface area contributed by atoms with Gasteiger partial charge in [0.05, 0.1) is 33.0 Å². The molecule has 1 saturated heterocycles. The van der Waals surface area contributed by atoms with Crippen LogP contribution < -0.4 is 0 Å². The summed E-state index contributed by atoms with van der Waals surface area (Å²) in [5.74, 6) is 0. The average molecular weight is 491 g/mol. The molecule has 190 valence electrons. The van der Waals surface area contributed by atoms with Gasteiger partial charge in [0.1, 0.15) is 24.4 Å². The lowest BCUT2D eigenvalue weighted by Crippen LogP contribution is -2.61. The molecule has 0 amide bonds. The van der Waals surface area contributed by atoms with Gasteiger partial charge in [-0.05, 0) is 16.7 Å². The van der Waals surface area contributed by atoms with Gasteiger partial charge in [0.25, 0.3) is 0 Å². The Labute approximate surface area is 213 Å². The van der Waals surface area contributed by atoms with Crippen molar-refractivity contribution >= 4 is 0 Å². The van der Waals surface area contributed by atoms with Crippen LogP contribution in [0, 0.1) is 0 Å². The van der Waals surface area contributed by atoms with Crippen molar-refractivity contribution in [2.24, 2.45) is 0 Å². The Balaban J connectivity index is 1.49. The predicted octanol–water partition coefficient (Wildman–Crippen LogP) is 4.66. The van der Waals surface area contributed by atoms with E-state index >= 15 is 0 Å². The van der Waals surface area contributed by atoms with Crippen LogP contribution >= 0.6 is 0 Å². The zero-order chi connectivity index (χ0) is 25.0. The topological polar surface area (TPSA) is 66.4 Å². The van der Waals surface area contributed by atoms with Crippen LogP contribution in [0.1, 0.15) is 16.7 Å². The van der Waals surface area contributed by atoms with Crippen molar-refractivity contribution in [2.45, 2.75) is 50.5 Å². The van der Waals surface area contributed by atoms with Crippen LogP contribution in [0.4, 0.5) is 0 Å². The molecule has 0 radical (unpaired) electrons. The van der Waals surface area contributed by atoms with E-state index in [1.54, 1.807) is 6.08 Å². The second-order valence-corrected chi connectivity index (χ2v) is 8.67. The molecule has 6 nitrogen and oxygen atoms in total. The van der Waals surface area contributed by atoms with Crippen LogP contribution in [-0.4, -0.2) is 49.0 Å². The van der Waals surface area contributed by atoms with Gasteiger partial charge in [-0.15, -0.1) is 6.58 Å². The van der Waals surface area contributed by atoms with Crippen molar-refractivity contribution in [1.29, 1.82) is 0 Å². The van der Waals surface area contributed by atoms with Crippen LogP contribution in [0.2, 0.25) is 0 Å². The molecule has 0 spiro atoms. The Kier molecular flexibility index (Phi) is 10.2. The van der Waals surface area contributed by atoms with Gasteiger partial charge in [0, 0.05) is 0 Å². The van der Waals surface area contributed by atoms with Gasteiger partial charge in [-0.25, -0.2) is 0 Å². The largest absolute Gasteiger partial charge is 0.374 e. The highest BCUT2D eigenvalue weighted by atomic mass is 16.7. The fourth-order valence-electron chi connectivity index (χ4n) is 4.18. The smallest absolute Gasteiger partial charge is 0.184 e. The third-order valence-corrected chi connectivity index (χ3v) is 5.98. The Morgan fingerprint density at radius 1 is 0.667 bits per heavy atom. The molecule has 1 N–H and O–H groups in total. The Morgan fingerprint density at radius 2 is 1.17 bits per heavy atom. The predicted molar refractivity (Wildman–Crippen MR) is 137 cm³/mol. The number of ether oxygens (including phenoxy) is 5. The molecule has 1 aliphatic heterocycles. The molecule has 4 rings (SSSR count). The molecule has 0 bridgehead atoms. The highest BCUT2D eigenvalue weighted by Crippen LogP contribution is 2.29. The van der Waals surface area contributed by atoms with E-state index in [4.69, 9.17) is 23.7 Å². The van der Waals surface area contributed by atoms with Crippen molar-refractivity contribution < 1.29 is 28.8 Å². The monoisotopic (exact) mass is 490 g/mol. The van der Waals surface area contributed by atoms with E-state index in [0.717, 1.165) is 16.7 Å². The second-order valence-electron chi connectivity index (χ2n) is 8.67. The highest BCUT2D eigenvalue weighted by molar-refractivity contribution is 5.15. The first-order valence-corrected chi connectivity index (χ1v) is 12.2. The first kappa shape index (κ1) is 26.2. The van der Waals surface area contributed by atoms with Crippen LogP contribution in [0.3, 0.4) is 0 Å². The number of aliphatic hydroxyl groups excluding tert-OH is 1. The van der Waals surface area contributed by atoms with E-state index in [-0.39, 0.29) is 13.2 Å². The first-order valence-electron chi connectivity index (χ1n) is 12.2. The van der Waals surface area contributed by atoms with Crippen LogP contribution in [-0.2, 0) is 43.5 Å². The summed E-state index contributed by atoms with van der Waals surface area (Å²) in [5.41, 5.74) is 3.07. The number of rotatable bonds is 13. The van der Waals surface area contributed by atoms with Crippen LogP contribution in [0.25, 0.3) is 0 Å². The minimum atomic E-state index is -1.20. The molecule has 0 saturated carbocycles. The standard InChI is InChI=1S/C30H34O6/c1-2-18-33-28-27(34-20-24-14-8-4-9-15-24)26(22-32-19-23-12-6-3-7-13-23)36-30(31)29(28)35-21-25-16-10-5-11-17-25/h2-17,26-31H,1,18-22H2/t26?,27-,28?,29?,30?/m0/s1. The molecule has 0 aromatic heterocycles. The van der Waals surface area contributed by atoms with Crippen molar-refractivity contribution in [3.63, 3.8) is 0 Å². The van der Waals surface area contributed by atoms with E-state index in [0.29, 0.717) is 19.8 Å². The highest BCUT2D eigenvalue weighted by Gasteiger charge is 2.47. The van der Waals surface area contributed by atoms with Crippen molar-refractivity contribution in [2.75, 3.05) is 13.2 Å². The molecule has 36 heavy (non-hydrogen) atoms. The van der Waals surface area contributed by atoms with Crippen molar-refractivity contribution in [3.05, 3.63) is 120 Å². The summed E-state index contributed by atoms with van der Waals surface area (Å²) in [4.78, 5) is 0. The van der Waals surface area contributed by atoms with Crippen LogP contribution in [0.5, 0.6) is 0 Å². The van der Waals surface area contributed by atoms with Gasteiger partial charge in [-0.3, -0.25) is 0 Å². The van der Waals surface area contributed by atoms with Gasteiger partial charge in [-0.1, -0.05) is 97.1 Å². The number of hydrogen-bond donors (Lipinski definition) is 1. The number of hydrogen-bond acceptors (Lipinski definition) is 6. The molecule has 3 aromatic rings. The number of aliphatic hydroxyl groups is 1. The zero-order valence-electron chi connectivity index (χ0n) is 20.4. The lowest BCUT2D eigenvalue weighted by Gasteiger charge is -2.44. The second kappa shape index (κ2) is 14.0. The third kappa shape index (κ3) is 7.58. The van der Waals surface area contributed by atoms with Gasteiger partial charge >= 0.3 is 0 Å². The summed E-state index contributed by atoms with van der Waals surface area (Å²) in [5, 5.41) is 10.9. The van der Waals surface area contributed by atoms with E-state index in [2.05, 4.69) is 6.58 Å². The fourth-order valence-corrected chi connectivity index (χ4v) is 4.18. The maximum Gasteiger partial charge on any atom is 0.184 e. The van der Waals surface area contributed by atoms with Crippen molar-refractivity contribution in [1.82, 2.24) is 0 Å². The van der Waals surface area contributed by atoms with E-state index in [1.165, 1.54) is 0 Å². The third-order valence-electron chi connectivity index (χ3n) is 5.98. The molecule has 1 heterocycles. The lowest BCUT2D eigenvalue weighted by atomic mass is 9.98. The van der Waals surface area contributed by atoms with Crippen LogP contribution in [0.15, 0.2) is 104 Å². The minimum Gasteiger partial charge on any atom is -0.374 e. The van der Waals surface area contributed by atoms with Gasteiger partial charge < -0.3 is 28.8 Å². The van der Waals surface area contributed by atoms with Crippen molar-refractivity contribution in [3.8, 4) is 0 Å². The lowest BCUT2D eigenvalue weighted by molar-refractivity contribution is -0.314. The molecular formula is C30H34O6. The SMILES string of the molecule is C=CCOC1C(OCc2ccccc2)C(O)OC(COCc2ccccc2)[C@@H]1OCc1ccccc1. The molecule has 0 aliphatic carbocycles. The molecule has 5 atom stereocenters. The average Bonchev–Trinajstić information content (AvgIpc) is 2.92. The molecule has 1 fully saturated rings. The van der Waals surface area contributed by atoms with Gasteiger partial charge in [0.2, 0.25) is 0 Å². The Hall–Kier alpha value is -2.84. The maximum absolute atomic E-state index is 10.9. The maximum atomic E-state index is 10.9. The van der Waals surface area contributed by atoms with Gasteiger partial charge in [0.15, 0.2) is 6.29 Å². The summed E-state index contributed by atoms with van der Waals surface area (Å²) < 4.78 is 30.6. The zero-order valence-corrected chi connectivity index (χ0v) is 20.4. The molecule has 1 aliphatic rings. The van der Waals surface area contributed by atoms with E-state index in [9.17, 15) is 5.11 Å². The Bertz CT molecular complexity index is 1010. The quantitative estimate of drug-likeness (QED) is 0.352. The minimum absolute atomic E-state index is 0.227. The normalized spacial score (nSPS) is 23.9. The molecule has 6 heteroatoms. The summed E-state index contributed by atoms with van der Waals surface area (Å²) in [6, 6.07) is 29.6. The molecule has 4 unspecified atom stereocenters. The summed E-state index contributed by atoms with van der Waals surface area (Å²) in [7, 11) is 0. The number of benzene rings is 3. The van der Waals surface area contributed by atoms with Gasteiger partial charge in [-0.2, -0.15) is 0 Å². The Morgan fingerprint density at radius 3 is 1.69 bits per heavy atom. The summed E-state index contributed by atoms with van der Waals surface area (Å²) in [6.45, 7) is 5.38. The summed E-state index contributed by atoms with van der Waals surface area (Å²) in [6.07, 6.45) is -1.97. The molecule has 3 aromatic carbocycles. The van der Waals surface area contributed by atoms with E-state index < -0.39 is 30.7 Å². The first-order chi connectivity index (χ1) is 17.7. The van der Waals surface area contributed by atoms with E-state index in [1.807, 2.05) is 91.0 Å². The fraction of sp³-hybridized carbons (Fsp3) is 0.333. The molecular weight excluding hydrogens is 456 g/mol. The summed E-state index contributed by atoms with van der Waals surface area (Å²) >= 11 is 0.